The van der Waals surface area contributed by atoms with Gasteiger partial charge < -0.3 is 4.90 Å². The van der Waals surface area contributed by atoms with Crippen LogP contribution in [0.25, 0.3) is 0 Å². The summed E-state index contributed by atoms with van der Waals surface area (Å²) in [6.45, 7) is 7.83. The van der Waals surface area contributed by atoms with Crippen molar-refractivity contribution in [2.75, 3.05) is 26.2 Å². The Kier molecular flexibility index (Phi) is 5.74. The molecule has 1 amide bonds. The van der Waals surface area contributed by atoms with Crippen LogP contribution in [0.3, 0.4) is 0 Å². The lowest BCUT2D eigenvalue weighted by Crippen LogP contribution is -2.43. The number of amides is 1. The highest BCUT2D eigenvalue weighted by molar-refractivity contribution is 5.78. The summed E-state index contributed by atoms with van der Waals surface area (Å²) in [5.41, 5.74) is 0.845. The van der Waals surface area contributed by atoms with Crippen LogP contribution in [0, 0.1) is 11.7 Å². The molecule has 0 bridgehead atoms. The summed E-state index contributed by atoms with van der Waals surface area (Å²) in [7, 11) is 0. The first kappa shape index (κ1) is 16.0. The van der Waals surface area contributed by atoms with E-state index in [1.807, 2.05) is 13.0 Å². The normalized spacial score (nSPS) is 19.5. The Morgan fingerprint density at radius 1 is 1.48 bits per heavy atom. The summed E-state index contributed by atoms with van der Waals surface area (Å²) in [4.78, 5) is 16.5. The largest absolute Gasteiger partial charge is 0.338 e. The van der Waals surface area contributed by atoms with Gasteiger partial charge in [-0.25, -0.2) is 4.39 Å². The number of likely N-dealkylation sites (tertiary alicyclic amines) is 1. The average Bonchev–Trinajstić information content (AvgIpc) is 2.44. The van der Waals surface area contributed by atoms with Gasteiger partial charge in [0, 0.05) is 19.6 Å². The van der Waals surface area contributed by atoms with Crippen LogP contribution in [0.5, 0.6) is 0 Å². The van der Waals surface area contributed by atoms with Crippen LogP contribution in [0.2, 0.25) is 0 Å². The second-order valence-electron chi connectivity index (χ2n) is 6.02. The van der Waals surface area contributed by atoms with Crippen LogP contribution < -0.4 is 0 Å². The van der Waals surface area contributed by atoms with Crippen molar-refractivity contribution in [2.45, 2.75) is 33.2 Å². The van der Waals surface area contributed by atoms with Crippen LogP contribution in [0.4, 0.5) is 4.39 Å². The highest BCUT2D eigenvalue weighted by atomic mass is 19.1. The highest BCUT2D eigenvalue weighted by Gasteiger charge is 2.21. The third-order valence-corrected chi connectivity index (χ3v) is 4.10. The minimum absolute atomic E-state index is 0.135. The van der Waals surface area contributed by atoms with Crippen molar-refractivity contribution < 1.29 is 9.18 Å². The molecule has 4 heteroatoms. The van der Waals surface area contributed by atoms with Gasteiger partial charge in [0.1, 0.15) is 5.82 Å². The standard InChI is InChI=1S/C17H25FN2O/c1-3-20(12-15-7-4-8-16(18)10-15)17(21)13-19-9-5-6-14(2)11-19/h4,7-8,10,14H,3,5-6,9,11-13H2,1-2H3. The molecule has 1 aliphatic heterocycles. The zero-order chi connectivity index (χ0) is 15.2. The molecule has 0 saturated carbocycles. The quantitative estimate of drug-likeness (QED) is 0.833. The van der Waals surface area contributed by atoms with Crippen LogP contribution in [-0.2, 0) is 11.3 Å². The van der Waals surface area contributed by atoms with E-state index in [1.54, 1.807) is 11.0 Å². The van der Waals surface area contributed by atoms with Crippen LogP contribution >= 0.6 is 0 Å². The Hall–Kier alpha value is -1.42. The van der Waals surface area contributed by atoms with Gasteiger partial charge in [0.05, 0.1) is 6.54 Å². The predicted octanol–water partition coefficient (Wildman–Crippen LogP) is 2.91. The van der Waals surface area contributed by atoms with Crippen molar-refractivity contribution in [3.8, 4) is 0 Å². The van der Waals surface area contributed by atoms with Crippen molar-refractivity contribution in [3.63, 3.8) is 0 Å². The fourth-order valence-corrected chi connectivity index (χ4v) is 2.95. The zero-order valence-electron chi connectivity index (χ0n) is 13.0. The first-order chi connectivity index (χ1) is 10.1. The number of carbonyl (C=O) groups is 1. The van der Waals surface area contributed by atoms with Gasteiger partial charge in [-0.3, -0.25) is 9.69 Å². The van der Waals surface area contributed by atoms with E-state index >= 15 is 0 Å². The summed E-state index contributed by atoms with van der Waals surface area (Å²) in [5, 5.41) is 0. The Bertz CT molecular complexity index is 478. The molecule has 0 N–H and O–H groups in total. The summed E-state index contributed by atoms with van der Waals surface area (Å²) in [5.74, 6) is 0.557. The molecular formula is C17H25FN2O. The number of carbonyl (C=O) groups excluding carboxylic acids is 1. The molecule has 2 rings (SSSR count). The van der Waals surface area contributed by atoms with Gasteiger partial charge >= 0.3 is 0 Å². The first-order valence-electron chi connectivity index (χ1n) is 7.83. The van der Waals surface area contributed by atoms with Gasteiger partial charge in [0.15, 0.2) is 0 Å². The number of halogens is 1. The topological polar surface area (TPSA) is 23.6 Å². The van der Waals surface area contributed by atoms with Crippen molar-refractivity contribution in [1.82, 2.24) is 9.80 Å². The van der Waals surface area contributed by atoms with E-state index < -0.39 is 0 Å². The lowest BCUT2D eigenvalue weighted by atomic mass is 10.0. The average molecular weight is 292 g/mol. The maximum absolute atomic E-state index is 13.2. The molecule has 116 valence electrons. The van der Waals surface area contributed by atoms with E-state index in [1.165, 1.54) is 25.0 Å². The van der Waals surface area contributed by atoms with Gasteiger partial charge in [0.25, 0.3) is 0 Å². The van der Waals surface area contributed by atoms with Crippen molar-refractivity contribution in [3.05, 3.63) is 35.6 Å². The summed E-state index contributed by atoms with van der Waals surface area (Å²) in [6.07, 6.45) is 2.43. The monoisotopic (exact) mass is 292 g/mol. The maximum atomic E-state index is 13.2. The summed E-state index contributed by atoms with van der Waals surface area (Å²) < 4.78 is 13.2. The molecule has 0 spiro atoms. The lowest BCUT2D eigenvalue weighted by molar-refractivity contribution is -0.133. The smallest absolute Gasteiger partial charge is 0.237 e. The minimum Gasteiger partial charge on any atom is -0.338 e. The SMILES string of the molecule is CCN(Cc1cccc(F)c1)C(=O)CN1CCCC(C)C1. The molecule has 1 aromatic rings. The fraction of sp³-hybridized carbons (Fsp3) is 0.588. The van der Waals surface area contributed by atoms with Crippen molar-refractivity contribution in [2.24, 2.45) is 5.92 Å². The maximum Gasteiger partial charge on any atom is 0.237 e. The number of piperidine rings is 1. The van der Waals surface area contributed by atoms with Crippen molar-refractivity contribution >= 4 is 5.91 Å². The number of hydrogen-bond acceptors (Lipinski definition) is 2. The first-order valence-corrected chi connectivity index (χ1v) is 7.83. The molecule has 1 fully saturated rings. The number of likely N-dealkylation sites (N-methyl/N-ethyl adjacent to an activating group) is 1. The van der Waals surface area contributed by atoms with Gasteiger partial charge in [-0.05, 0) is 49.9 Å². The number of hydrogen-bond donors (Lipinski definition) is 0. The van der Waals surface area contributed by atoms with Gasteiger partial charge in [-0.15, -0.1) is 0 Å². The Morgan fingerprint density at radius 2 is 2.29 bits per heavy atom. The van der Waals surface area contributed by atoms with E-state index in [0.29, 0.717) is 25.6 Å². The van der Waals surface area contributed by atoms with Crippen LogP contribution in [-0.4, -0.2) is 41.9 Å². The highest BCUT2D eigenvalue weighted by Crippen LogP contribution is 2.15. The molecule has 0 aromatic heterocycles. The molecule has 1 heterocycles. The summed E-state index contributed by atoms with van der Waals surface area (Å²) in [6, 6.07) is 6.48. The van der Waals surface area contributed by atoms with Gasteiger partial charge in [-0.1, -0.05) is 19.1 Å². The van der Waals surface area contributed by atoms with Crippen LogP contribution in [0.1, 0.15) is 32.3 Å². The number of nitrogens with zero attached hydrogens (tertiary/aromatic N) is 2. The van der Waals surface area contributed by atoms with E-state index in [2.05, 4.69) is 11.8 Å². The Labute approximate surface area is 126 Å². The predicted molar refractivity (Wildman–Crippen MR) is 82.3 cm³/mol. The van der Waals surface area contributed by atoms with E-state index in [4.69, 9.17) is 0 Å². The second-order valence-corrected chi connectivity index (χ2v) is 6.02. The molecule has 3 nitrogen and oxygen atoms in total. The Morgan fingerprint density at radius 3 is 2.95 bits per heavy atom. The molecule has 1 saturated heterocycles. The zero-order valence-corrected chi connectivity index (χ0v) is 13.0. The third kappa shape index (κ3) is 4.81. The van der Waals surface area contributed by atoms with E-state index in [-0.39, 0.29) is 11.7 Å². The molecule has 0 aliphatic carbocycles. The Balaban J connectivity index is 1.92. The molecular weight excluding hydrogens is 267 g/mol. The minimum atomic E-state index is -0.249. The molecule has 1 aromatic carbocycles. The van der Waals surface area contributed by atoms with E-state index in [9.17, 15) is 9.18 Å². The number of benzene rings is 1. The molecule has 0 radical (unpaired) electrons. The van der Waals surface area contributed by atoms with Crippen molar-refractivity contribution in [1.29, 1.82) is 0 Å². The molecule has 1 atom stereocenters. The lowest BCUT2D eigenvalue weighted by Gasteiger charge is -2.32. The fourth-order valence-electron chi connectivity index (χ4n) is 2.95. The van der Waals surface area contributed by atoms with Gasteiger partial charge in [0.2, 0.25) is 5.91 Å². The molecule has 1 unspecified atom stereocenters. The van der Waals surface area contributed by atoms with Crippen LogP contribution in [0.15, 0.2) is 24.3 Å². The molecule has 21 heavy (non-hydrogen) atoms. The van der Waals surface area contributed by atoms with E-state index in [0.717, 1.165) is 18.7 Å². The molecule has 1 aliphatic rings. The summed E-state index contributed by atoms with van der Waals surface area (Å²) >= 11 is 0. The number of rotatable bonds is 5. The third-order valence-electron chi connectivity index (χ3n) is 4.10. The second kappa shape index (κ2) is 7.55. The van der Waals surface area contributed by atoms with Gasteiger partial charge in [-0.2, -0.15) is 0 Å².